The molecule has 0 N–H and O–H groups in total. The summed E-state index contributed by atoms with van der Waals surface area (Å²) in [5, 5.41) is 2.42. The second kappa shape index (κ2) is 5.66. The smallest absolute Gasteiger partial charge is 0.231 e. The van der Waals surface area contributed by atoms with Gasteiger partial charge in [0.05, 0.1) is 5.69 Å². The van der Waals surface area contributed by atoms with Crippen LogP contribution in [0.15, 0.2) is 47.4 Å². The zero-order valence-electron chi connectivity index (χ0n) is 12.6. The van der Waals surface area contributed by atoms with Gasteiger partial charge in [-0.15, -0.1) is 11.3 Å². The summed E-state index contributed by atoms with van der Waals surface area (Å²) in [7, 11) is 0. The van der Waals surface area contributed by atoms with Gasteiger partial charge in [-0.1, -0.05) is 25.2 Å². The average Bonchev–Trinajstić information content (AvgIpc) is 3.23. The first-order chi connectivity index (χ1) is 11.2. The Morgan fingerprint density at radius 2 is 2.17 bits per heavy atom. The van der Waals surface area contributed by atoms with Crippen LogP contribution < -0.4 is 9.47 Å². The number of rotatable bonds is 3. The molecule has 1 aromatic carbocycles. The number of aromatic nitrogens is 1. The lowest BCUT2D eigenvalue weighted by atomic mass is 9.96. The summed E-state index contributed by atoms with van der Waals surface area (Å²) in [4.78, 5) is 17.0. The lowest BCUT2D eigenvalue weighted by molar-refractivity contribution is 0.103. The minimum Gasteiger partial charge on any atom is -0.454 e. The molecular weight excluding hydrogens is 310 g/mol. The highest BCUT2D eigenvalue weighted by Gasteiger charge is 2.19. The van der Waals surface area contributed by atoms with Gasteiger partial charge in [0.2, 0.25) is 12.6 Å². The zero-order chi connectivity index (χ0) is 15.8. The summed E-state index contributed by atoms with van der Waals surface area (Å²) in [5.74, 6) is 1.94. The van der Waals surface area contributed by atoms with E-state index in [-0.39, 0.29) is 12.6 Å². The van der Waals surface area contributed by atoms with E-state index in [1.54, 1.807) is 0 Å². The minimum absolute atomic E-state index is 0.00913. The molecule has 1 unspecified atom stereocenters. The number of nitrogens with zero attached hydrogens (tertiary/aromatic N) is 1. The Hall–Kier alpha value is -2.40. The SMILES string of the molecule is CC1C=CC(C(=O)c2nc(-c3ccc4c(c3)OCO4)cs2)=CC1. The Morgan fingerprint density at radius 3 is 3.00 bits per heavy atom. The summed E-state index contributed by atoms with van der Waals surface area (Å²) >= 11 is 1.37. The first-order valence-electron chi connectivity index (χ1n) is 7.49. The lowest BCUT2D eigenvalue weighted by Crippen LogP contribution is -2.05. The summed E-state index contributed by atoms with van der Waals surface area (Å²) in [6, 6.07) is 5.69. The van der Waals surface area contributed by atoms with Gasteiger partial charge in [-0.3, -0.25) is 4.79 Å². The lowest BCUT2D eigenvalue weighted by Gasteiger charge is -2.09. The molecule has 0 fully saturated rings. The van der Waals surface area contributed by atoms with Gasteiger partial charge in [0.15, 0.2) is 16.5 Å². The first-order valence-corrected chi connectivity index (χ1v) is 8.37. The van der Waals surface area contributed by atoms with Crippen LogP contribution in [0.4, 0.5) is 0 Å². The van der Waals surface area contributed by atoms with Crippen molar-refractivity contribution in [3.8, 4) is 22.8 Å². The van der Waals surface area contributed by atoms with Crippen LogP contribution >= 0.6 is 11.3 Å². The van der Waals surface area contributed by atoms with Crippen molar-refractivity contribution in [3.05, 3.63) is 52.4 Å². The van der Waals surface area contributed by atoms with Crippen LogP contribution in [0.3, 0.4) is 0 Å². The third-order valence-electron chi connectivity index (χ3n) is 3.94. The number of carbonyl (C=O) groups is 1. The van der Waals surface area contributed by atoms with Crippen molar-refractivity contribution < 1.29 is 14.3 Å². The van der Waals surface area contributed by atoms with Gasteiger partial charge < -0.3 is 9.47 Å². The van der Waals surface area contributed by atoms with Crippen LogP contribution in [0, 0.1) is 5.92 Å². The van der Waals surface area contributed by atoms with E-state index in [9.17, 15) is 4.79 Å². The van der Waals surface area contributed by atoms with Crippen molar-refractivity contribution in [1.82, 2.24) is 4.98 Å². The predicted octanol–water partition coefficient (Wildman–Crippen LogP) is 4.24. The van der Waals surface area contributed by atoms with E-state index in [2.05, 4.69) is 18.0 Å². The van der Waals surface area contributed by atoms with Gasteiger partial charge in [0.25, 0.3) is 0 Å². The molecule has 1 atom stereocenters. The Morgan fingerprint density at radius 1 is 1.30 bits per heavy atom. The van der Waals surface area contributed by atoms with E-state index in [1.807, 2.05) is 35.7 Å². The fourth-order valence-corrected chi connectivity index (χ4v) is 3.37. The summed E-state index contributed by atoms with van der Waals surface area (Å²) < 4.78 is 10.7. The van der Waals surface area contributed by atoms with E-state index in [4.69, 9.17) is 9.47 Å². The number of Topliss-reactive ketones (excluding diaryl/α,β-unsaturated/α-hetero) is 1. The van der Waals surface area contributed by atoms with Gasteiger partial charge in [0, 0.05) is 16.5 Å². The van der Waals surface area contributed by atoms with Crippen molar-refractivity contribution in [2.75, 3.05) is 6.79 Å². The highest BCUT2D eigenvalue weighted by atomic mass is 32.1. The molecule has 4 rings (SSSR count). The zero-order valence-corrected chi connectivity index (χ0v) is 13.4. The van der Waals surface area contributed by atoms with E-state index < -0.39 is 0 Å². The normalized spacial score (nSPS) is 18.8. The molecule has 0 spiro atoms. The number of benzene rings is 1. The highest BCUT2D eigenvalue weighted by Crippen LogP contribution is 2.36. The van der Waals surface area contributed by atoms with Crippen molar-refractivity contribution in [2.45, 2.75) is 13.3 Å². The molecule has 2 aliphatic rings. The van der Waals surface area contributed by atoms with Crippen LogP contribution in [-0.4, -0.2) is 17.6 Å². The number of thiazole rings is 1. The molecule has 0 bridgehead atoms. The number of allylic oxidation sites excluding steroid dienone is 4. The molecule has 1 aromatic heterocycles. The molecule has 1 aliphatic carbocycles. The molecule has 0 saturated heterocycles. The van der Waals surface area contributed by atoms with Crippen molar-refractivity contribution in [3.63, 3.8) is 0 Å². The maximum absolute atomic E-state index is 12.5. The standard InChI is InChI=1S/C18H15NO3S/c1-11-2-4-12(5-3-11)17(20)18-19-14(9-23-18)13-6-7-15-16(8-13)22-10-21-15/h2,4-9,11H,3,10H2,1H3. The molecule has 0 amide bonds. The molecule has 2 heterocycles. The van der Waals surface area contributed by atoms with Crippen molar-refractivity contribution in [1.29, 1.82) is 0 Å². The largest absolute Gasteiger partial charge is 0.454 e. The second-order valence-corrected chi connectivity index (χ2v) is 6.52. The average molecular weight is 325 g/mol. The van der Waals surface area contributed by atoms with Gasteiger partial charge in [-0.05, 0) is 30.5 Å². The van der Waals surface area contributed by atoms with E-state index in [1.165, 1.54) is 11.3 Å². The summed E-state index contributed by atoms with van der Waals surface area (Å²) in [6.07, 6.45) is 6.87. The summed E-state index contributed by atoms with van der Waals surface area (Å²) in [6.45, 7) is 2.38. The number of carbonyl (C=O) groups excluding carboxylic acids is 1. The summed E-state index contributed by atoms with van der Waals surface area (Å²) in [5.41, 5.74) is 2.44. The molecule has 2 aromatic rings. The van der Waals surface area contributed by atoms with Crippen LogP contribution in [0.1, 0.15) is 23.1 Å². The number of ketones is 1. The molecular formula is C18H15NO3S. The second-order valence-electron chi connectivity index (χ2n) is 5.67. The maximum Gasteiger partial charge on any atom is 0.231 e. The molecule has 23 heavy (non-hydrogen) atoms. The van der Waals surface area contributed by atoms with E-state index in [0.717, 1.165) is 34.8 Å². The Labute approximate surface area is 138 Å². The minimum atomic E-state index is -0.00913. The Balaban J connectivity index is 1.60. The van der Waals surface area contributed by atoms with Crippen LogP contribution in [0.5, 0.6) is 11.5 Å². The van der Waals surface area contributed by atoms with E-state index >= 15 is 0 Å². The number of fused-ring (bicyclic) bond motifs is 1. The highest BCUT2D eigenvalue weighted by molar-refractivity contribution is 7.12. The third-order valence-corrected chi connectivity index (χ3v) is 4.78. The van der Waals surface area contributed by atoms with Crippen molar-refractivity contribution in [2.24, 2.45) is 5.92 Å². The van der Waals surface area contributed by atoms with Gasteiger partial charge in [-0.2, -0.15) is 0 Å². The quantitative estimate of drug-likeness (QED) is 0.792. The Kier molecular flexibility index (Phi) is 3.50. The monoisotopic (exact) mass is 325 g/mol. The maximum atomic E-state index is 12.5. The fraction of sp³-hybridized carbons (Fsp3) is 0.222. The first kappa shape index (κ1) is 14.2. The molecule has 116 valence electrons. The molecule has 0 saturated carbocycles. The van der Waals surface area contributed by atoms with Crippen LogP contribution in [0.25, 0.3) is 11.3 Å². The Bertz CT molecular complexity index is 835. The van der Waals surface area contributed by atoms with Gasteiger partial charge >= 0.3 is 0 Å². The predicted molar refractivity (Wildman–Crippen MR) is 89.0 cm³/mol. The van der Waals surface area contributed by atoms with Crippen LogP contribution in [-0.2, 0) is 0 Å². The number of ether oxygens (including phenoxy) is 2. The van der Waals surface area contributed by atoms with Gasteiger partial charge in [-0.25, -0.2) is 4.98 Å². The fourth-order valence-electron chi connectivity index (χ4n) is 2.59. The third kappa shape index (κ3) is 2.68. The van der Waals surface area contributed by atoms with Crippen LogP contribution in [0.2, 0.25) is 0 Å². The van der Waals surface area contributed by atoms with E-state index in [0.29, 0.717) is 10.9 Å². The molecule has 5 heteroatoms. The number of hydrogen-bond donors (Lipinski definition) is 0. The molecule has 1 aliphatic heterocycles. The topological polar surface area (TPSA) is 48.4 Å². The van der Waals surface area contributed by atoms with Crippen molar-refractivity contribution >= 4 is 17.1 Å². The molecule has 4 nitrogen and oxygen atoms in total. The van der Waals surface area contributed by atoms with Gasteiger partial charge in [0.1, 0.15) is 0 Å². The molecule has 0 radical (unpaired) electrons. The number of hydrogen-bond acceptors (Lipinski definition) is 5.